The number of benzene rings is 2. The van der Waals surface area contributed by atoms with Crippen LogP contribution >= 0.6 is 11.6 Å². The molecule has 0 saturated heterocycles. The molecule has 0 radical (unpaired) electrons. The van der Waals surface area contributed by atoms with Gasteiger partial charge in [0.25, 0.3) is 5.91 Å². The number of ether oxygens (including phenoxy) is 1. The maximum absolute atomic E-state index is 13.0. The van der Waals surface area contributed by atoms with E-state index in [1.54, 1.807) is 30.0 Å². The smallest absolute Gasteiger partial charge is 0.261 e. The molecule has 0 aliphatic rings. The summed E-state index contributed by atoms with van der Waals surface area (Å²) >= 11 is 6.05. The van der Waals surface area contributed by atoms with E-state index in [0.29, 0.717) is 17.3 Å². The third-order valence-corrected chi connectivity index (χ3v) is 5.56. The van der Waals surface area contributed by atoms with Gasteiger partial charge in [-0.3, -0.25) is 9.59 Å². The number of aryl methyl sites for hydroxylation is 2. The Morgan fingerprint density at radius 2 is 1.77 bits per heavy atom. The fourth-order valence-electron chi connectivity index (χ4n) is 2.87. The third-order valence-electron chi connectivity index (χ3n) is 5.13. The zero-order chi connectivity index (χ0) is 22.3. The number of rotatable bonds is 9. The molecule has 2 rings (SSSR count). The Kier molecular flexibility index (Phi) is 8.72. The van der Waals surface area contributed by atoms with Gasteiger partial charge in [0.15, 0.2) is 6.61 Å². The van der Waals surface area contributed by atoms with Gasteiger partial charge in [0.2, 0.25) is 5.91 Å². The van der Waals surface area contributed by atoms with Gasteiger partial charge in [-0.1, -0.05) is 48.4 Å². The van der Waals surface area contributed by atoms with E-state index >= 15 is 0 Å². The molecule has 0 aromatic heterocycles. The van der Waals surface area contributed by atoms with Gasteiger partial charge in [0.1, 0.15) is 11.8 Å². The fourth-order valence-corrected chi connectivity index (χ4v) is 2.99. The Bertz CT molecular complexity index is 867. The first-order chi connectivity index (χ1) is 14.2. The highest BCUT2D eigenvalue weighted by Gasteiger charge is 2.27. The largest absolute Gasteiger partial charge is 0.484 e. The Balaban J connectivity index is 2.15. The number of carbonyl (C=O) groups excluding carboxylic acids is 2. The summed E-state index contributed by atoms with van der Waals surface area (Å²) in [5, 5.41) is 3.60. The molecule has 2 amide bonds. The monoisotopic (exact) mass is 430 g/mol. The van der Waals surface area contributed by atoms with Crippen LogP contribution in [-0.2, 0) is 16.1 Å². The molecule has 30 heavy (non-hydrogen) atoms. The highest BCUT2D eigenvalue weighted by atomic mass is 35.5. The molecule has 0 fully saturated rings. The first-order valence-corrected chi connectivity index (χ1v) is 10.6. The number of hydrogen-bond acceptors (Lipinski definition) is 3. The molecule has 2 atom stereocenters. The van der Waals surface area contributed by atoms with Crippen molar-refractivity contribution >= 4 is 23.4 Å². The molecule has 2 aromatic carbocycles. The highest BCUT2D eigenvalue weighted by molar-refractivity contribution is 6.31. The second-order valence-electron chi connectivity index (χ2n) is 7.70. The summed E-state index contributed by atoms with van der Waals surface area (Å²) < 4.78 is 5.69. The standard InChI is InChI=1S/C24H31ClN2O3/c1-6-18(4)26-24(29)19(5)27(14-20-9-7-16(2)8-10-20)23(28)15-30-21-11-12-22(25)17(3)13-21/h7-13,18-19H,6,14-15H2,1-5H3,(H,26,29)/t18-,19-/m0/s1. The van der Waals surface area contributed by atoms with Gasteiger partial charge in [-0.05, 0) is 63.4 Å². The van der Waals surface area contributed by atoms with Crippen LogP contribution in [-0.4, -0.2) is 35.4 Å². The Morgan fingerprint density at radius 1 is 1.10 bits per heavy atom. The number of carbonyl (C=O) groups is 2. The quantitative estimate of drug-likeness (QED) is 0.629. The van der Waals surface area contributed by atoms with Gasteiger partial charge in [0.05, 0.1) is 0 Å². The predicted molar refractivity (Wildman–Crippen MR) is 121 cm³/mol. The van der Waals surface area contributed by atoms with Gasteiger partial charge in [-0.25, -0.2) is 0 Å². The zero-order valence-electron chi connectivity index (χ0n) is 18.4. The van der Waals surface area contributed by atoms with Gasteiger partial charge in [0, 0.05) is 17.6 Å². The molecule has 0 saturated carbocycles. The number of halogens is 1. The molecule has 162 valence electrons. The molecule has 0 bridgehead atoms. The minimum atomic E-state index is -0.622. The maximum atomic E-state index is 13.0. The van der Waals surface area contributed by atoms with Gasteiger partial charge in [-0.15, -0.1) is 0 Å². The molecule has 2 aromatic rings. The Morgan fingerprint density at radius 3 is 2.37 bits per heavy atom. The molecule has 0 heterocycles. The lowest BCUT2D eigenvalue weighted by molar-refractivity contribution is -0.142. The van der Waals surface area contributed by atoms with E-state index < -0.39 is 6.04 Å². The summed E-state index contributed by atoms with van der Waals surface area (Å²) in [6.07, 6.45) is 0.823. The average Bonchev–Trinajstić information content (AvgIpc) is 2.73. The first kappa shape index (κ1) is 23.7. The summed E-state index contributed by atoms with van der Waals surface area (Å²) in [6.45, 7) is 9.76. The van der Waals surface area contributed by atoms with Crippen molar-refractivity contribution in [3.8, 4) is 5.75 Å². The minimum absolute atomic E-state index is 0.0459. The Labute approximate surface area is 184 Å². The average molecular weight is 431 g/mol. The van der Waals surface area contributed by atoms with Crippen LogP contribution in [0, 0.1) is 13.8 Å². The van der Waals surface area contributed by atoms with E-state index in [2.05, 4.69) is 5.32 Å². The summed E-state index contributed by atoms with van der Waals surface area (Å²) in [6, 6.07) is 12.6. The van der Waals surface area contributed by atoms with Gasteiger partial charge < -0.3 is 15.0 Å². The van der Waals surface area contributed by atoms with Crippen LogP contribution < -0.4 is 10.1 Å². The number of nitrogens with zero attached hydrogens (tertiary/aromatic N) is 1. The van der Waals surface area contributed by atoms with Crippen LogP contribution in [0.5, 0.6) is 5.75 Å². The highest BCUT2D eigenvalue weighted by Crippen LogP contribution is 2.21. The van der Waals surface area contributed by atoms with Crippen LogP contribution in [0.4, 0.5) is 0 Å². The summed E-state index contributed by atoms with van der Waals surface area (Å²) in [5.41, 5.74) is 2.97. The van der Waals surface area contributed by atoms with Gasteiger partial charge in [-0.2, -0.15) is 0 Å². The van der Waals surface area contributed by atoms with E-state index in [1.165, 1.54) is 0 Å². The second-order valence-corrected chi connectivity index (χ2v) is 8.11. The van der Waals surface area contributed by atoms with E-state index in [4.69, 9.17) is 16.3 Å². The van der Waals surface area contributed by atoms with Crippen LogP contribution in [0.15, 0.2) is 42.5 Å². The van der Waals surface area contributed by atoms with Crippen molar-refractivity contribution in [2.24, 2.45) is 0 Å². The van der Waals surface area contributed by atoms with E-state index in [1.807, 2.05) is 52.0 Å². The number of nitrogens with one attached hydrogen (secondary N) is 1. The molecule has 0 aliphatic heterocycles. The van der Waals surface area contributed by atoms with Crippen LogP contribution in [0.3, 0.4) is 0 Å². The normalized spacial score (nSPS) is 12.7. The fraction of sp³-hybridized carbons (Fsp3) is 0.417. The molecular weight excluding hydrogens is 400 g/mol. The summed E-state index contributed by atoms with van der Waals surface area (Å²) in [7, 11) is 0. The summed E-state index contributed by atoms with van der Waals surface area (Å²) in [4.78, 5) is 27.3. The summed E-state index contributed by atoms with van der Waals surface area (Å²) in [5.74, 6) is 0.138. The van der Waals surface area contributed by atoms with Crippen molar-refractivity contribution in [1.82, 2.24) is 10.2 Å². The van der Waals surface area contributed by atoms with Crippen molar-refractivity contribution in [2.75, 3.05) is 6.61 Å². The van der Waals surface area contributed by atoms with Crippen molar-refractivity contribution in [1.29, 1.82) is 0 Å². The van der Waals surface area contributed by atoms with E-state index in [-0.39, 0.29) is 24.5 Å². The van der Waals surface area contributed by atoms with Crippen LogP contribution in [0.2, 0.25) is 5.02 Å². The lowest BCUT2D eigenvalue weighted by Gasteiger charge is -2.29. The van der Waals surface area contributed by atoms with Crippen LogP contribution in [0.1, 0.15) is 43.9 Å². The van der Waals surface area contributed by atoms with Crippen molar-refractivity contribution in [3.63, 3.8) is 0 Å². The second kappa shape index (κ2) is 11.0. The lowest BCUT2D eigenvalue weighted by atomic mass is 10.1. The topological polar surface area (TPSA) is 58.6 Å². The third kappa shape index (κ3) is 6.77. The molecule has 6 heteroatoms. The zero-order valence-corrected chi connectivity index (χ0v) is 19.1. The molecule has 0 spiro atoms. The first-order valence-electron chi connectivity index (χ1n) is 10.3. The lowest BCUT2D eigenvalue weighted by Crippen LogP contribution is -2.50. The van der Waals surface area contributed by atoms with Crippen molar-refractivity contribution in [2.45, 2.75) is 59.7 Å². The predicted octanol–water partition coefficient (Wildman–Crippen LogP) is 4.67. The molecule has 5 nitrogen and oxygen atoms in total. The maximum Gasteiger partial charge on any atom is 0.261 e. The number of amides is 2. The van der Waals surface area contributed by atoms with Crippen molar-refractivity contribution in [3.05, 3.63) is 64.2 Å². The van der Waals surface area contributed by atoms with Gasteiger partial charge >= 0.3 is 0 Å². The van der Waals surface area contributed by atoms with E-state index in [0.717, 1.165) is 23.1 Å². The SMILES string of the molecule is CC[C@H](C)NC(=O)[C@H](C)N(Cc1ccc(C)cc1)C(=O)COc1ccc(Cl)c(C)c1. The van der Waals surface area contributed by atoms with Crippen LogP contribution in [0.25, 0.3) is 0 Å². The molecule has 1 N–H and O–H groups in total. The Hall–Kier alpha value is -2.53. The van der Waals surface area contributed by atoms with Crippen molar-refractivity contribution < 1.29 is 14.3 Å². The minimum Gasteiger partial charge on any atom is -0.484 e. The van der Waals surface area contributed by atoms with E-state index in [9.17, 15) is 9.59 Å². The molecule has 0 aliphatic carbocycles. The molecular formula is C24H31ClN2O3. The molecule has 0 unspecified atom stereocenters. The number of hydrogen-bond donors (Lipinski definition) is 1.